The minimum atomic E-state index is -5.22. The van der Waals surface area contributed by atoms with Crippen LogP contribution in [0.3, 0.4) is 0 Å². The van der Waals surface area contributed by atoms with Crippen molar-refractivity contribution in [1.82, 2.24) is 9.78 Å². The number of nitrogens with zero attached hydrogens (tertiary/aromatic N) is 4. The van der Waals surface area contributed by atoms with Crippen LogP contribution in [0.1, 0.15) is 5.69 Å². The lowest BCUT2D eigenvalue weighted by Gasteiger charge is -2.09. The van der Waals surface area contributed by atoms with Crippen LogP contribution in [-0.4, -0.2) is 25.6 Å². The molecule has 6 nitrogen and oxygen atoms in total. The van der Waals surface area contributed by atoms with Crippen LogP contribution < -0.4 is 0 Å². The summed E-state index contributed by atoms with van der Waals surface area (Å²) in [7, 11) is -3.69. The Kier molecular flexibility index (Phi) is 5.56. The molecule has 130 valence electrons. The van der Waals surface area contributed by atoms with Crippen LogP contribution in [0.4, 0.5) is 19.0 Å². The number of nitriles is 1. The standard InChI is InChI=1S/C12H2Cl3F3N4O2S/c13-5-1-6(14)9(7(15)2-5)22-11(20-4-23)10(8(3-19)21-22)25(24)12(16,17)18/h1-2H. The molecule has 1 unspecified atom stereocenters. The number of halogens is 6. The maximum atomic E-state index is 12.8. The SMILES string of the molecule is N#Cc1nn(-c2c(Cl)cc(Cl)cc2Cl)c(N=C=O)c1S(=O)C(F)(F)F. The topological polar surface area (TPSA) is 88.1 Å². The maximum Gasteiger partial charge on any atom is 0.476 e. The van der Waals surface area contributed by atoms with E-state index in [0.29, 0.717) is 4.68 Å². The van der Waals surface area contributed by atoms with Crippen molar-refractivity contribution in [2.75, 3.05) is 0 Å². The molecule has 0 fully saturated rings. The van der Waals surface area contributed by atoms with Crippen molar-refractivity contribution < 1.29 is 22.2 Å². The summed E-state index contributed by atoms with van der Waals surface area (Å²) in [4.78, 5) is 12.6. The van der Waals surface area contributed by atoms with E-state index in [-0.39, 0.29) is 20.8 Å². The quantitative estimate of drug-likeness (QED) is 0.537. The highest BCUT2D eigenvalue weighted by molar-refractivity contribution is 7.86. The normalized spacial score (nSPS) is 12.4. The molecule has 0 saturated heterocycles. The molecule has 1 heterocycles. The molecule has 0 N–H and O–H groups in total. The maximum absolute atomic E-state index is 12.8. The Hall–Kier alpha value is -1.89. The Morgan fingerprint density at radius 1 is 1.24 bits per heavy atom. The molecule has 13 heteroatoms. The number of hydrogen-bond donors (Lipinski definition) is 0. The van der Waals surface area contributed by atoms with Gasteiger partial charge in [0.2, 0.25) is 6.08 Å². The fraction of sp³-hybridized carbons (Fsp3) is 0.0833. The van der Waals surface area contributed by atoms with E-state index < -0.39 is 32.7 Å². The number of aliphatic imine (C=N–C) groups is 1. The van der Waals surface area contributed by atoms with Crippen LogP contribution >= 0.6 is 34.8 Å². The molecule has 1 aromatic heterocycles. The Labute approximate surface area is 154 Å². The Morgan fingerprint density at radius 3 is 2.24 bits per heavy atom. The summed E-state index contributed by atoms with van der Waals surface area (Å²) < 4.78 is 50.8. The average molecular weight is 430 g/mol. The van der Waals surface area contributed by atoms with E-state index >= 15 is 0 Å². The Balaban J connectivity index is 2.91. The van der Waals surface area contributed by atoms with E-state index in [0.717, 1.165) is 6.08 Å². The lowest BCUT2D eigenvalue weighted by Crippen LogP contribution is -2.16. The minimum absolute atomic E-state index is 0.117. The van der Waals surface area contributed by atoms with Crippen molar-refractivity contribution in [3.63, 3.8) is 0 Å². The summed E-state index contributed by atoms with van der Waals surface area (Å²) in [6, 6.07) is 3.76. The molecule has 1 aromatic carbocycles. The van der Waals surface area contributed by atoms with Crippen molar-refractivity contribution in [3.05, 3.63) is 32.9 Å². The van der Waals surface area contributed by atoms with E-state index in [2.05, 4.69) is 10.1 Å². The van der Waals surface area contributed by atoms with Gasteiger partial charge in [-0.25, -0.2) is 13.7 Å². The van der Waals surface area contributed by atoms with Gasteiger partial charge in [-0.15, -0.1) is 4.99 Å². The van der Waals surface area contributed by atoms with Crippen molar-refractivity contribution in [2.24, 2.45) is 4.99 Å². The zero-order chi connectivity index (χ0) is 18.9. The predicted molar refractivity (Wildman–Crippen MR) is 83.6 cm³/mol. The average Bonchev–Trinajstić information content (AvgIpc) is 2.83. The molecular formula is C12H2Cl3F3N4O2S. The fourth-order valence-corrected chi connectivity index (χ4v) is 3.56. The van der Waals surface area contributed by atoms with Crippen LogP contribution in [0.15, 0.2) is 22.0 Å². The summed E-state index contributed by atoms with van der Waals surface area (Å²) in [6.45, 7) is 0. The smallest absolute Gasteiger partial charge is 0.245 e. The number of hydrogen-bond acceptors (Lipinski definition) is 5. The van der Waals surface area contributed by atoms with Crippen LogP contribution in [0.2, 0.25) is 15.1 Å². The third-order valence-electron chi connectivity index (χ3n) is 2.67. The van der Waals surface area contributed by atoms with Gasteiger partial charge in [0.1, 0.15) is 16.7 Å². The number of isocyanates is 1. The van der Waals surface area contributed by atoms with Crippen molar-refractivity contribution in [2.45, 2.75) is 10.4 Å². The highest BCUT2D eigenvalue weighted by Crippen LogP contribution is 2.39. The van der Waals surface area contributed by atoms with Crippen molar-refractivity contribution in [3.8, 4) is 11.8 Å². The monoisotopic (exact) mass is 428 g/mol. The van der Waals surface area contributed by atoms with Crippen LogP contribution in [0.25, 0.3) is 5.69 Å². The summed E-state index contributed by atoms with van der Waals surface area (Å²) >= 11 is 17.7. The molecule has 0 saturated carbocycles. The fourth-order valence-electron chi connectivity index (χ4n) is 1.79. The van der Waals surface area contributed by atoms with E-state index in [4.69, 9.17) is 40.1 Å². The lowest BCUT2D eigenvalue weighted by atomic mass is 10.3. The van der Waals surface area contributed by atoms with Gasteiger partial charge >= 0.3 is 5.51 Å². The van der Waals surface area contributed by atoms with Crippen molar-refractivity contribution >= 4 is 57.5 Å². The first-order valence-electron chi connectivity index (χ1n) is 5.86. The Morgan fingerprint density at radius 2 is 1.80 bits per heavy atom. The second-order valence-electron chi connectivity index (χ2n) is 4.16. The molecule has 2 rings (SSSR count). The van der Waals surface area contributed by atoms with Gasteiger partial charge < -0.3 is 0 Å². The first-order valence-corrected chi connectivity index (χ1v) is 8.14. The molecule has 0 radical (unpaired) electrons. The number of benzene rings is 1. The highest BCUT2D eigenvalue weighted by Gasteiger charge is 2.43. The lowest BCUT2D eigenvalue weighted by molar-refractivity contribution is -0.0384. The summed E-state index contributed by atoms with van der Waals surface area (Å²) in [6.07, 6.45) is 1.02. The van der Waals surface area contributed by atoms with Gasteiger partial charge in [0, 0.05) is 5.02 Å². The predicted octanol–water partition coefficient (Wildman–Crippen LogP) is 4.30. The molecule has 25 heavy (non-hydrogen) atoms. The van der Waals surface area contributed by atoms with E-state index in [9.17, 15) is 22.2 Å². The third kappa shape index (κ3) is 3.71. The van der Waals surface area contributed by atoms with Gasteiger partial charge in [0.25, 0.3) is 0 Å². The first kappa shape index (κ1) is 19.4. The van der Waals surface area contributed by atoms with Gasteiger partial charge in [0.05, 0.1) is 10.0 Å². The van der Waals surface area contributed by atoms with Crippen LogP contribution in [0, 0.1) is 11.3 Å². The van der Waals surface area contributed by atoms with E-state index in [1.165, 1.54) is 18.2 Å². The Bertz CT molecular complexity index is 954. The summed E-state index contributed by atoms with van der Waals surface area (Å²) in [5, 5.41) is 12.4. The third-order valence-corrected chi connectivity index (χ3v) is 4.63. The van der Waals surface area contributed by atoms with Crippen molar-refractivity contribution in [1.29, 1.82) is 5.26 Å². The molecule has 1 atom stereocenters. The molecule has 2 aromatic rings. The molecular weight excluding hydrogens is 428 g/mol. The van der Waals surface area contributed by atoms with Crippen LogP contribution in [0.5, 0.6) is 0 Å². The number of aromatic nitrogens is 2. The minimum Gasteiger partial charge on any atom is -0.245 e. The highest BCUT2D eigenvalue weighted by atomic mass is 35.5. The van der Waals surface area contributed by atoms with Gasteiger partial charge in [-0.1, -0.05) is 34.8 Å². The molecule has 0 amide bonds. The van der Waals surface area contributed by atoms with Gasteiger partial charge in [-0.3, -0.25) is 0 Å². The van der Waals surface area contributed by atoms with Gasteiger partial charge in [-0.2, -0.15) is 23.5 Å². The zero-order valence-corrected chi connectivity index (χ0v) is 14.5. The zero-order valence-electron chi connectivity index (χ0n) is 11.4. The second kappa shape index (κ2) is 7.15. The summed E-state index contributed by atoms with van der Waals surface area (Å²) in [5.41, 5.74) is -6.30. The van der Waals surface area contributed by atoms with E-state index in [1.54, 1.807) is 0 Å². The van der Waals surface area contributed by atoms with Crippen LogP contribution in [-0.2, 0) is 15.6 Å². The number of alkyl halides is 3. The van der Waals surface area contributed by atoms with Gasteiger partial charge in [0.15, 0.2) is 22.3 Å². The number of carbonyl (C=O) groups excluding carboxylic acids is 1. The molecule has 0 spiro atoms. The molecule has 0 aliphatic rings. The molecule has 0 aliphatic heterocycles. The van der Waals surface area contributed by atoms with Gasteiger partial charge in [-0.05, 0) is 12.1 Å². The number of rotatable bonds is 3. The second-order valence-corrected chi connectivity index (χ2v) is 6.82. The molecule has 0 aliphatic carbocycles. The molecule has 0 bridgehead atoms. The first-order chi connectivity index (χ1) is 11.6. The largest absolute Gasteiger partial charge is 0.476 e. The summed E-state index contributed by atoms with van der Waals surface area (Å²) in [5.74, 6) is -0.840. The van der Waals surface area contributed by atoms with E-state index in [1.807, 2.05) is 0 Å².